The molecule has 1 amide bonds. The van der Waals surface area contributed by atoms with Crippen molar-refractivity contribution in [2.24, 2.45) is 0 Å². The van der Waals surface area contributed by atoms with Crippen LogP contribution in [0.15, 0.2) is 82.2 Å². The maximum Gasteiger partial charge on any atom is 0.261 e. The van der Waals surface area contributed by atoms with Crippen LogP contribution in [-0.4, -0.2) is 25.2 Å². The minimum atomic E-state index is -3.82. The average molecular weight is 501 g/mol. The molecule has 0 bridgehead atoms. The first-order valence-corrected chi connectivity index (χ1v) is 11.5. The number of anilines is 2. The maximum atomic E-state index is 12.9. The van der Waals surface area contributed by atoms with Gasteiger partial charge >= 0.3 is 0 Å². The van der Waals surface area contributed by atoms with Gasteiger partial charge in [0.15, 0.2) is 11.4 Å². The molecule has 3 aromatic rings. The molecule has 0 fully saturated rings. The molecule has 0 radical (unpaired) electrons. The Balaban J connectivity index is 1.58. The van der Waals surface area contributed by atoms with Crippen molar-refractivity contribution in [3.8, 4) is 0 Å². The van der Waals surface area contributed by atoms with Crippen molar-refractivity contribution in [2.45, 2.75) is 16.9 Å². The van der Waals surface area contributed by atoms with E-state index in [0.29, 0.717) is 11.3 Å². The summed E-state index contributed by atoms with van der Waals surface area (Å²) < 4.78 is 28.2. The van der Waals surface area contributed by atoms with Crippen molar-refractivity contribution in [2.75, 3.05) is 10.0 Å². The molecule has 1 aliphatic rings. The second-order valence-corrected chi connectivity index (χ2v) is 9.70. The van der Waals surface area contributed by atoms with Crippen LogP contribution in [0.2, 0.25) is 0 Å². The van der Waals surface area contributed by atoms with Gasteiger partial charge in [-0.1, -0.05) is 52.3 Å². The van der Waals surface area contributed by atoms with Gasteiger partial charge in [0.25, 0.3) is 15.9 Å². The fourth-order valence-corrected chi connectivity index (χ4v) is 4.84. The first-order valence-electron chi connectivity index (χ1n) is 9.24. The van der Waals surface area contributed by atoms with Crippen molar-refractivity contribution in [3.05, 3.63) is 88.4 Å². The first-order chi connectivity index (χ1) is 14.7. The average Bonchev–Trinajstić information content (AvgIpc) is 2.97. The van der Waals surface area contributed by atoms with Crippen LogP contribution < -0.4 is 10.0 Å². The van der Waals surface area contributed by atoms with Gasteiger partial charge in [0.1, 0.15) is 0 Å². The summed E-state index contributed by atoms with van der Waals surface area (Å²) in [6.45, 7) is 0. The van der Waals surface area contributed by atoms with Crippen molar-refractivity contribution in [1.82, 2.24) is 0 Å². The molecule has 4 rings (SSSR count). The number of carbonyl (C=O) groups excluding carboxylic acids is 2. The summed E-state index contributed by atoms with van der Waals surface area (Å²) in [7, 11) is -3.82. The molecule has 1 aliphatic heterocycles. The van der Waals surface area contributed by atoms with E-state index >= 15 is 0 Å². The minimum absolute atomic E-state index is 0.0893. The normalized spacial score (nSPS) is 17.7. The number of carbonyl (C=O) groups is 2. The molecule has 9 heteroatoms. The Kier molecular flexibility index (Phi) is 5.42. The Morgan fingerprint density at radius 1 is 1.03 bits per heavy atom. The molecular weight excluding hydrogens is 484 g/mol. The van der Waals surface area contributed by atoms with Crippen LogP contribution in [0.3, 0.4) is 0 Å². The SMILES string of the molecule is O=C(CC1(O)C(=O)Nc2cc(Br)ccc21)c1cccc(NS(=O)(=O)c2ccccc2)c1. The zero-order valence-electron chi connectivity index (χ0n) is 16.0. The first kappa shape index (κ1) is 21.2. The number of aliphatic hydroxyl groups is 1. The monoisotopic (exact) mass is 500 g/mol. The highest BCUT2D eigenvalue weighted by Gasteiger charge is 2.46. The van der Waals surface area contributed by atoms with E-state index in [1.807, 2.05) is 0 Å². The highest BCUT2D eigenvalue weighted by atomic mass is 79.9. The van der Waals surface area contributed by atoms with Crippen LogP contribution in [0.5, 0.6) is 0 Å². The summed E-state index contributed by atoms with van der Waals surface area (Å²) in [4.78, 5) is 25.4. The third-order valence-corrected chi connectivity index (χ3v) is 6.85. The number of Topliss-reactive ketones (excluding diaryl/α,β-unsaturated/α-hetero) is 1. The van der Waals surface area contributed by atoms with Gasteiger partial charge in [-0.2, -0.15) is 0 Å². The van der Waals surface area contributed by atoms with Gasteiger partial charge in [-0.05, 0) is 36.4 Å². The Bertz CT molecular complexity index is 1290. The highest BCUT2D eigenvalue weighted by Crippen LogP contribution is 2.40. The topological polar surface area (TPSA) is 113 Å². The van der Waals surface area contributed by atoms with Gasteiger partial charge in [0, 0.05) is 27.0 Å². The number of hydrogen-bond donors (Lipinski definition) is 3. The van der Waals surface area contributed by atoms with Crippen LogP contribution in [-0.2, 0) is 20.4 Å². The zero-order valence-corrected chi connectivity index (χ0v) is 18.4. The lowest BCUT2D eigenvalue weighted by atomic mass is 9.88. The van der Waals surface area contributed by atoms with Crippen LogP contribution in [0.1, 0.15) is 22.3 Å². The van der Waals surface area contributed by atoms with Gasteiger partial charge < -0.3 is 10.4 Å². The van der Waals surface area contributed by atoms with Gasteiger partial charge in [0.2, 0.25) is 0 Å². The number of benzene rings is 3. The maximum absolute atomic E-state index is 12.9. The lowest BCUT2D eigenvalue weighted by molar-refractivity contribution is -0.133. The van der Waals surface area contributed by atoms with E-state index in [0.717, 1.165) is 4.47 Å². The quantitative estimate of drug-likeness (QED) is 0.447. The Labute approximate surface area is 187 Å². The van der Waals surface area contributed by atoms with E-state index in [1.54, 1.807) is 36.4 Å². The fourth-order valence-electron chi connectivity index (χ4n) is 3.41. The Morgan fingerprint density at radius 3 is 2.52 bits per heavy atom. The summed E-state index contributed by atoms with van der Waals surface area (Å²) in [5.41, 5.74) is -0.900. The lowest BCUT2D eigenvalue weighted by Crippen LogP contribution is -2.36. The van der Waals surface area contributed by atoms with Crippen LogP contribution in [0.4, 0.5) is 11.4 Å². The zero-order chi connectivity index (χ0) is 22.2. The van der Waals surface area contributed by atoms with Gasteiger partial charge in [-0.15, -0.1) is 0 Å². The molecule has 0 aromatic heterocycles. The largest absolute Gasteiger partial charge is 0.375 e. The molecule has 0 aliphatic carbocycles. The van der Waals surface area contributed by atoms with Crippen molar-refractivity contribution in [1.29, 1.82) is 0 Å². The van der Waals surface area contributed by atoms with E-state index in [1.165, 1.54) is 36.4 Å². The van der Waals surface area contributed by atoms with Crippen molar-refractivity contribution < 1.29 is 23.1 Å². The van der Waals surface area contributed by atoms with Crippen LogP contribution >= 0.6 is 15.9 Å². The molecule has 1 heterocycles. The van der Waals surface area contributed by atoms with Gasteiger partial charge in [-0.25, -0.2) is 8.42 Å². The van der Waals surface area contributed by atoms with Crippen LogP contribution in [0, 0.1) is 0 Å². The summed E-state index contributed by atoms with van der Waals surface area (Å²) in [5, 5.41) is 13.6. The molecule has 3 aromatic carbocycles. The molecule has 1 unspecified atom stereocenters. The van der Waals surface area contributed by atoms with E-state index < -0.39 is 33.7 Å². The molecule has 31 heavy (non-hydrogen) atoms. The summed E-state index contributed by atoms with van der Waals surface area (Å²) in [6.07, 6.45) is -0.484. The third kappa shape index (κ3) is 4.12. The number of nitrogens with one attached hydrogen (secondary N) is 2. The summed E-state index contributed by atoms with van der Waals surface area (Å²) >= 11 is 3.30. The standard InChI is InChI=1S/C22H17BrN2O5S/c23-15-9-10-18-19(12-15)24-21(27)22(18,28)13-20(26)14-5-4-6-16(11-14)25-31(29,30)17-7-2-1-3-8-17/h1-12,25,28H,13H2,(H,24,27). The number of sulfonamides is 1. The van der Waals surface area contributed by atoms with E-state index in [9.17, 15) is 23.1 Å². The molecule has 3 N–H and O–H groups in total. The second kappa shape index (κ2) is 7.92. The number of amides is 1. The molecule has 0 spiro atoms. The number of halogens is 1. The number of rotatable bonds is 6. The number of ketones is 1. The third-order valence-electron chi connectivity index (χ3n) is 4.96. The molecule has 7 nitrogen and oxygen atoms in total. The van der Waals surface area contributed by atoms with E-state index in [4.69, 9.17) is 0 Å². The molecule has 158 valence electrons. The van der Waals surface area contributed by atoms with Crippen molar-refractivity contribution >= 4 is 49.0 Å². The van der Waals surface area contributed by atoms with Gasteiger partial charge in [-0.3, -0.25) is 14.3 Å². The summed E-state index contributed by atoms with van der Waals surface area (Å²) in [5.74, 6) is -1.19. The predicted molar refractivity (Wildman–Crippen MR) is 119 cm³/mol. The van der Waals surface area contributed by atoms with E-state index in [-0.39, 0.29) is 16.1 Å². The predicted octanol–water partition coefficient (Wildman–Crippen LogP) is 3.66. The molecule has 1 atom stereocenters. The minimum Gasteiger partial charge on any atom is -0.375 e. The lowest BCUT2D eigenvalue weighted by Gasteiger charge is -2.20. The number of hydrogen-bond acceptors (Lipinski definition) is 5. The van der Waals surface area contributed by atoms with Crippen molar-refractivity contribution in [3.63, 3.8) is 0 Å². The molecule has 0 saturated carbocycles. The fraction of sp³-hybridized carbons (Fsp3) is 0.0909. The Hall–Kier alpha value is -3.01. The molecule has 0 saturated heterocycles. The van der Waals surface area contributed by atoms with E-state index in [2.05, 4.69) is 26.0 Å². The Morgan fingerprint density at radius 2 is 1.77 bits per heavy atom. The second-order valence-electron chi connectivity index (χ2n) is 7.10. The van der Waals surface area contributed by atoms with Crippen LogP contribution in [0.25, 0.3) is 0 Å². The summed E-state index contributed by atoms with van der Waals surface area (Å²) in [6, 6.07) is 18.7. The molecular formula is C22H17BrN2O5S. The smallest absolute Gasteiger partial charge is 0.261 e. The van der Waals surface area contributed by atoms with Gasteiger partial charge in [0.05, 0.1) is 11.3 Å². The number of fused-ring (bicyclic) bond motifs is 1. The highest BCUT2D eigenvalue weighted by molar-refractivity contribution is 9.10.